The Labute approximate surface area is 193 Å². The molecule has 1 unspecified atom stereocenters. The van der Waals surface area contributed by atoms with Gasteiger partial charge in [0, 0.05) is 24.8 Å². The van der Waals surface area contributed by atoms with E-state index in [2.05, 4.69) is 25.6 Å². The lowest BCUT2D eigenvalue weighted by molar-refractivity contribution is -0.122. The number of aromatic nitrogens is 4. The molecule has 2 aliphatic rings. The monoisotopic (exact) mass is 478 g/mol. The van der Waals surface area contributed by atoms with Crippen molar-refractivity contribution >= 4 is 35.2 Å². The number of rotatable bonds is 5. The fourth-order valence-corrected chi connectivity index (χ4v) is 4.32. The van der Waals surface area contributed by atoms with Crippen molar-refractivity contribution in [3.8, 4) is 0 Å². The van der Waals surface area contributed by atoms with Gasteiger partial charge in [-0.2, -0.15) is 4.98 Å². The highest BCUT2D eigenvalue weighted by Gasteiger charge is 2.26. The Morgan fingerprint density at radius 2 is 1.79 bits per heavy atom. The summed E-state index contributed by atoms with van der Waals surface area (Å²) in [7, 11) is 0. The Morgan fingerprint density at radius 3 is 2.44 bits per heavy atom. The number of fused-ring (bicyclic) bond motifs is 1. The lowest BCUT2D eigenvalue weighted by atomic mass is 9.96. The summed E-state index contributed by atoms with van der Waals surface area (Å²) < 4.78 is 49.1. The van der Waals surface area contributed by atoms with Crippen molar-refractivity contribution < 1.29 is 27.8 Å². The van der Waals surface area contributed by atoms with Gasteiger partial charge in [0.25, 0.3) is 6.47 Å². The van der Waals surface area contributed by atoms with Gasteiger partial charge in [-0.05, 0) is 19.3 Å². The number of benzene rings is 1. The van der Waals surface area contributed by atoms with E-state index in [9.17, 15) is 13.2 Å². The third-order valence-corrected chi connectivity index (χ3v) is 5.89. The first-order chi connectivity index (χ1) is 16.5. The number of nitrogens with zero attached hydrogens (tertiary/aromatic N) is 4. The number of anilines is 3. The van der Waals surface area contributed by atoms with Crippen LogP contribution in [0.1, 0.15) is 44.6 Å². The predicted molar refractivity (Wildman–Crippen MR) is 119 cm³/mol. The Bertz CT molecular complexity index is 1120. The summed E-state index contributed by atoms with van der Waals surface area (Å²) in [5.74, 6) is -2.35. The molecule has 0 amide bonds. The van der Waals surface area contributed by atoms with Crippen LogP contribution >= 0.6 is 0 Å². The van der Waals surface area contributed by atoms with Crippen molar-refractivity contribution in [3.63, 3.8) is 0 Å². The van der Waals surface area contributed by atoms with Crippen molar-refractivity contribution in [3.05, 3.63) is 35.8 Å². The van der Waals surface area contributed by atoms with Crippen LogP contribution in [0.3, 0.4) is 0 Å². The zero-order valence-corrected chi connectivity index (χ0v) is 18.3. The molecule has 12 heteroatoms. The summed E-state index contributed by atoms with van der Waals surface area (Å²) in [5, 5.41) is 13.0. The fourth-order valence-electron chi connectivity index (χ4n) is 4.32. The normalized spacial score (nSPS) is 18.4. The molecule has 0 bridgehead atoms. The highest BCUT2D eigenvalue weighted by atomic mass is 19.1. The summed E-state index contributed by atoms with van der Waals surface area (Å²) in [6.45, 7) is 0.755. The van der Waals surface area contributed by atoms with E-state index in [0.717, 1.165) is 12.8 Å². The molecule has 9 nitrogen and oxygen atoms in total. The second kappa shape index (κ2) is 10.7. The molecule has 3 aromatic rings. The molecular weight excluding hydrogens is 453 g/mol. The van der Waals surface area contributed by atoms with Gasteiger partial charge in [-0.25, -0.2) is 23.1 Å². The molecule has 3 heterocycles. The zero-order chi connectivity index (χ0) is 24.1. The number of ether oxygens (including phenoxy) is 1. The summed E-state index contributed by atoms with van der Waals surface area (Å²) >= 11 is 0. The molecule has 3 N–H and O–H groups in total. The van der Waals surface area contributed by atoms with Gasteiger partial charge >= 0.3 is 0 Å². The molecule has 2 fully saturated rings. The van der Waals surface area contributed by atoms with Gasteiger partial charge in [0.05, 0.1) is 18.8 Å². The van der Waals surface area contributed by atoms with E-state index in [1.54, 1.807) is 10.8 Å². The maximum absolute atomic E-state index is 14.2. The zero-order valence-electron chi connectivity index (χ0n) is 18.3. The van der Waals surface area contributed by atoms with Crippen molar-refractivity contribution in [2.75, 3.05) is 23.8 Å². The topological polar surface area (TPSA) is 114 Å². The molecule has 1 aliphatic carbocycles. The lowest BCUT2D eigenvalue weighted by Crippen LogP contribution is -2.23. The largest absolute Gasteiger partial charge is 0.483 e. The van der Waals surface area contributed by atoms with Crippen molar-refractivity contribution in [1.29, 1.82) is 0 Å². The highest BCUT2D eigenvalue weighted by molar-refractivity contribution is 5.76. The summed E-state index contributed by atoms with van der Waals surface area (Å²) in [6, 6.07) is 1.49. The molecule has 1 aromatic carbocycles. The van der Waals surface area contributed by atoms with E-state index < -0.39 is 23.1 Å². The first-order valence-corrected chi connectivity index (χ1v) is 11.1. The minimum Gasteiger partial charge on any atom is -0.483 e. The number of hydrogen-bond acceptors (Lipinski definition) is 7. The van der Waals surface area contributed by atoms with Crippen LogP contribution in [-0.4, -0.2) is 50.4 Å². The number of carboxylic acid groups (broad SMARTS) is 1. The van der Waals surface area contributed by atoms with E-state index >= 15 is 0 Å². The molecular formula is C22H25F3N6O3. The highest BCUT2D eigenvalue weighted by Crippen LogP contribution is 2.32. The molecule has 1 atom stereocenters. The van der Waals surface area contributed by atoms with Crippen molar-refractivity contribution in [2.45, 2.75) is 50.6 Å². The lowest BCUT2D eigenvalue weighted by Gasteiger charge is -2.22. The first-order valence-electron chi connectivity index (χ1n) is 11.1. The number of nitrogens with one attached hydrogen (secondary N) is 2. The Balaban J connectivity index is 0.000000868. The summed E-state index contributed by atoms with van der Waals surface area (Å²) in [4.78, 5) is 21.9. The average molecular weight is 478 g/mol. The maximum atomic E-state index is 14.2. The van der Waals surface area contributed by atoms with Crippen LogP contribution in [-0.2, 0) is 9.53 Å². The van der Waals surface area contributed by atoms with Gasteiger partial charge in [0.2, 0.25) is 11.9 Å². The molecule has 5 rings (SSSR count). The first kappa shape index (κ1) is 23.7. The van der Waals surface area contributed by atoms with Crippen LogP contribution < -0.4 is 10.6 Å². The van der Waals surface area contributed by atoms with E-state index in [4.69, 9.17) is 14.6 Å². The van der Waals surface area contributed by atoms with Crippen LogP contribution in [0.2, 0.25) is 0 Å². The molecule has 0 radical (unpaired) electrons. The van der Waals surface area contributed by atoms with Crippen LogP contribution in [0.4, 0.5) is 30.8 Å². The van der Waals surface area contributed by atoms with Gasteiger partial charge in [-0.1, -0.05) is 19.3 Å². The summed E-state index contributed by atoms with van der Waals surface area (Å²) in [6.07, 6.45) is 8.07. The molecule has 0 spiro atoms. The third-order valence-electron chi connectivity index (χ3n) is 5.89. The van der Waals surface area contributed by atoms with Gasteiger partial charge in [0.1, 0.15) is 17.0 Å². The van der Waals surface area contributed by atoms with Gasteiger partial charge < -0.3 is 20.5 Å². The number of halogens is 3. The molecule has 1 aliphatic heterocycles. The van der Waals surface area contributed by atoms with Crippen molar-refractivity contribution in [1.82, 2.24) is 19.5 Å². The molecule has 1 saturated carbocycles. The quantitative estimate of drug-likeness (QED) is 0.463. The van der Waals surface area contributed by atoms with E-state index in [1.807, 2.05) is 0 Å². The molecule has 34 heavy (non-hydrogen) atoms. The van der Waals surface area contributed by atoms with Crippen molar-refractivity contribution in [2.24, 2.45) is 0 Å². The smallest absolute Gasteiger partial charge is 0.290 e. The Hall–Kier alpha value is -3.41. The third kappa shape index (κ3) is 5.22. The Kier molecular flexibility index (Phi) is 7.46. The Morgan fingerprint density at radius 1 is 1.09 bits per heavy atom. The second-order valence-electron chi connectivity index (χ2n) is 8.18. The van der Waals surface area contributed by atoms with Gasteiger partial charge in [0.15, 0.2) is 17.3 Å². The van der Waals surface area contributed by atoms with Gasteiger partial charge in [-0.15, -0.1) is 0 Å². The molecule has 182 valence electrons. The molecule has 1 saturated heterocycles. The van der Waals surface area contributed by atoms with Crippen LogP contribution in [0.5, 0.6) is 0 Å². The van der Waals surface area contributed by atoms with Crippen LogP contribution in [0.15, 0.2) is 18.3 Å². The molecule has 2 aromatic heterocycles. The van der Waals surface area contributed by atoms with E-state index in [-0.39, 0.29) is 18.5 Å². The number of carbonyl (C=O) groups is 1. The number of hydrogen-bond donors (Lipinski definition) is 3. The second-order valence-corrected chi connectivity index (χ2v) is 8.18. The van der Waals surface area contributed by atoms with E-state index in [0.29, 0.717) is 54.9 Å². The predicted octanol–water partition coefficient (Wildman–Crippen LogP) is 4.39. The summed E-state index contributed by atoms with van der Waals surface area (Å²) in [5.41, 5.74) is 0.575. The van der Waals surface area contributed by atoms with Crippen LogP contribution in [0, 0.1) is 17.5 Å². The fraction of sp³-hybridized carbons (Fsp3) is 0.455. The van der Waals surface area contributed by atoms with E-state index in [1.165, 1.54) is 19.3 Å². The van der Waals surface area contributed by atoms with Gasteiger partial charge in [-0.3, -0.25) is 9.36 Å². The standard InChI is InChI=1S/C21H23F3N6O.CH2O2/c22-12-8-15(23)18(16(24)9-12)28-21-27-17-10-25-20(26-13-4-2-1-3-5-13)29-19(17)30(21)14-6-7-31-11-14;2-1-3/h8-10,13-14H,1-7,11H2,(H,27,28)(H,25,26,29);1H,(H,2,3). The average Bonchev–Trinajstić information content (AvgIpc) is 3.44. The SMILES string of the molecule is Fc1cc(F)c(Nc2nc3cnc(NC4CCCCC4)nc3n2C2CCOC2)c(F)c1.O=CO. The number of imidazole rings is 1. The van der Waals surface area contributed by atoms with Crippen LogP contribution in [0.25, 0.3) is 11.2 Å². The minimum atomic E-state index is -1.04. The maximum Gasteiger partial charge on any atom is 0.290 e. The minimum absolute atomic E-state index is 0.100.